The summed E-state index contributed by atoms with van der Waals surface area (Å²) in [6, 6.07) is 7.99. The van der Waals surface area contributed by atoms with Crippen LogP contribution >= 0.6 is 23.1 Å². The van der Waals surface area contributed by atoms with E-state index in [1.54, 1.807) is 30.2 Å². The van der Waals surface area contributed by atoms with Crippen molar-refractivity contribution in [1.29, 1.82) is 0 Å². The molecule has 0 aliphatic carbocycles. The van der Waals surface area contributed by atoms with Crippen molar-refractivity contribution in [2.24, 2.45) is 0 Å². The Morgan fingerprint density at radius 2 is 1.96 bits per heavy atom. The molecule has 0 saturated carbocycles. The van der Waals surface area contributed by atoms with E-state index in [0.29, 0.717) is 19.8 Å². The summed E-state index contributed by atoms with van der Waals surface area (Å²) in [7, 11) is 1.66. The summed E-state index contributed by atoms with van der Waals surface area (Å²) in [5, 5.41) is 1.53. The third kappa shape index (κ3) is 4.59. The molecule has 0 N–H and O–H groups in total. The fraction of sp³-hybridized carbons (Fsp3) is 0.429. The summed E-state index contributed by atoms with van der Waals surface area (Å²) in [5.41, 5.74) is 2.27. The average Bonchev–Trinajstić information content (AvgIpc) is 2.99. The van der Waals surface area contributed by atoms with Crippen molar-refractivity contribution in [2.45, 2.75) is 44.6 Å². The van der Waals surface area contributed by atoms with Gasteiger partial charge in [0.15, 0.2) is 5.16 Å². The minimum Gasteiger partial charge on any atom is -0.497 e. The number of aryl methyl sites for hydroxylation is 2. The smallest absolute Gasteiger partial charge is 0.263 e. The van der Waals surface area contributed by atoms with Gasteiger partial charge in [-0.3, -0.25) is 9.36 Å². The van der Waals surface area contributed by atoms with Gasteiger partial charge in [0.05, 0.1) is 12.5 Å². The molecule has 0 aliphatic rings. The molecule has 3 aromatic rings. The zero-order valence-electron chi connectivity index (χ0n) is 16.8. The first-order valence-corrected chi connectivity index (χ1v) is 11.2. The van der Waals surface area contributed by atoms with E-state index in [-0.39, 0.29) is 5.56 Å². The van der Waals surface area contributed by atoms with Crippen molar-refractivity contribution in [3.05, 3.63) is 50.6 Å². The Bertz CT molecular complexity index is 994. The lowest BCUT2D eigenvalue weighted by atomic mass is 10.2. The van der Waals surface area contributed by atoms with Crippen molar-refractivity contribution in [2.75, 3.05) is 20.3 Å². The third-order valence-corrected chi connectivity index (χ3v) is 6.80. The fourth-order valence-electron chi connectivity index (χ4n) is 2.95. The predicted octanol–water partition coefficient (Wildman–Crippen LogP) is 4.80. The number of fused-ring (bicyclic) bond motifs is 1. The number of thioether (sulfide) groups is 1. The van der Waals surface area contributed by atoms with Crippen molar-refractivity contribution < 1.29 is 9.47 Å². The number of hydrogen-bond donors (Lipinski definition) is 0. The molecule has 0 spiro atoms. The highest BCUT2D eigenvalue weighted by Crippen LogP contribution is 2.29. The highest BCUT2D eigenvalue weighted by molar-refractivity contribution is 7.98. The van der Waals surface area contributed by atoms with E-state index >= 15 is 0 Å². The Morgan fingerprint density at radius 1 is 1.21 bits per heavy atom. The van der Waals surface area contributed by atoms with Gasteiger partial charge in [-0.2, -0.15) is 0 Å². The highest BCUT2D eigenvalue weighted by atomic mass is 32.2. The molecular formula is C21H26N2O3S2. The van der Waals surface area contributed by atoms with Gasteiger partial charge < -0.3 is 9.47 Å². The molecule has 0 fully saturated rings. The van der Waals surface area contributed by atoms with Crippen LogP contribution in [0.4, 0.5) is 0 Å². The minimum absolute atomic E-state index is 0.0561. The summed E-state index contributed by atoms with van der Waals surface area (Å²) >= 11 is 3.19. The van der Waals surface area contributed by atoms with Crippen molar-refractivity contribution in [1.82, 2.24) is 9.55 Å². The van der Waals surface area contributed by atoms with Crippen molar-refractivity contribution >= 4 is 33.3 Å². The molecule has 28 heavy (non-hydrogen) atoms. The van der Waals surface area contributed by atoms with Crippen LogP contribution in [0.1, 0.15) is 29.3 Å². The summed E-state index contributed by atoms with van der Waals surface area (Å²) in [6.07, 6.45) is 0.791. The van der Waals surface area contributed by atoms with Crippen LogP contribution in [0, 0.1) is 13.8 Å². The molecule has 0 bridgehead atoms. The van der Waals surface area contributed by atoms with Gasteiger partial charge in [-0.1, -0.05) is 23.9 Å². The number of hydrogen-bond acceptors (Lipinski definition) is 6. The number of rotatable bonds is 9. The standard InChI is InChI=1S/C21H26N2O3S2/c1-5-26-12-6-11-23-20(24)18-14(2)15(3)28-19(18)22-21(23)27-13-16-7-9-17(25-4)10-8-16/h7-10H,5-6,11-13H2,1-4H3. The van der Waals surface area contributed by atoms with Crippen LogP contribution in [0.3, 0.4) is 0 Å². The monoisotopic (exact) mass is 418 g/mol. The second kappa shape index (κ2) is 9.58. The summed E-state index contributed by atoms with van der Waals surface area (Å²) in [6.45, 7) is 7.98. The normalized spacial score (nSPS) is 11.3. The zero-order valence-corrected chi connectivity index (χ0v) is 18.4. The number of methoxy groups -OCH3 is 1. The molecule has 0 aliphatic heterocycles. The molecule has 0 saturated heterocycles. The van der Waals surface area contributed by atoms with Crippen LogP contribution in [-0.2, 0) is 17.0 Å². The summed E-state index contributed by atoms with van der Waals surface area (Å²) in [4.78, 5) is 20.0. The predicted molar refractivity (Wildman–Crippen MR) is 117 cm³/mol. The minimum atomic E-state index is 0.0561. The molecule has 2 aromatic heterocycles. The summed E-state index contributed by atoms with van der Waals surface area (Å²) in [5.74, 6) is 1.59. The topological polar surface area (TPSA) is 53.4 Å². The first-order valence-electron chi connectivity index (χ1n) is 9.39. The van der Waals surface area contributed by atoms with E-state index < -0.39 is 0 Å². The molecule has 0 amide bonds. The number of thiophene rings is 1. The van der Waals surface area contributed by atoms with E-state index in [4.69, 9.17) is 14.5 Å². The lowest BCUT2D eigenvalue weighted by Crippen LogP contribution is -2.24. The molecular weight excluding hydrogens is 392 g/mol. The second-order valence-electron chi connectivity index (χ2n) is 6.50. The molecule has 2 heterocycles. The van der Waals surface area contributed by atoms with Gasteiger partial charge in [0.2, 0.25) is 0 Å². The van der Waals surface area contributed by atoms with Gasteiger partial charge in [-0.15, -0.1) is 11.3 Å². The molecule has 0 atom stereocenters. The lowest BCUT2D eigenvalue weighted by molar-refractivity contribution is 0.140. The van der Waals surface area contributed by atoms with Gasteiger partial charge in [0, 0.05) is 30.4 Å². The van der Waals surface area contributed by atoms with Crippen LogP contribution in [0.5, 0.6) is 5.75 Å². The highest BCUT2D eigenvalue weighted by Gasteiger charge is 2.16. The molecule has 5 nitrogen and oxygen atoms in total. The molecule has 0 unspecified atom stereocenters. The van der Waals surface area contributed by atoms with Gasteiger partial charge >= 0.3 is 0 Å². The number of aromatic nitrogens is 2. The van der Waals surface area contributed by atoms with Gasteiger partial charge in [0.1, 0.15) is 10.6 Å². The van der Waals surface area contributed by atoms with Crippen molar-refractivity contribution in [3.63, 3.8) is 0 Å². The third-order valence-electron chi connectivity index (χ3n) is 4.66. The van der Waals surface area contributed by atoms with Crippen molar-refractivity contribution in [3.8, 4) is 5.75 Å². The maximum Gasteiger partial charge on any atom is 0.263 e. The van der Waals surface area contributed by atoms with E-state index in [0.717, 1.165) is 43.7 Å². The molecule has 1 aromatic carbocycles. The van der Waals surface area contributed by atoms with Gasteiger partial charge in [-0.05, 0) is 50.5 Å². The zero-order chi connectivity index (χ0) is 20.1. The summed E-state index contributed by atoms with van der Waals surface area (Å²) < 4.78 is 12.5. The largest absolute Gasteiger partial charge is 0.497 e. The Morgan fingerprint density at radius 3 is 2.64 bits per heavy atom. The lowest BCUT2D eigenvalue weighted by Gasteiger charge is -2.12. The first kappa shape index (κ1) is 20.9. The average molecular weight is 419 g/mol. The van der Waals surface area contributed by atoms with E-state index in [1.165, 1.54) is 5.56 Å². The van der Waals surface area contributed by atoms with E-state index in [2.05, 4.69) is 0 Å². The maximum atomic E-state index is 13.2. The maximum absolute atomic E-state index is 13.2. The Kier molecular flexibility index (Phi) is 7.15. The SMILES string of the molecule is CCOCCCn1c(SCc2ccc(OC)cc2)nc2sc(C)c(C)c2c1=O. The molecule has 150 valence electrons. The number of benzene rings is 1. The van der Waals surface area contributed by atoms with Crippen LogP contribution in [0.2, 0.25) is 0 Å². The first-order chi connectivity index (χ1) is 13.5. The second-order valence-corrected chi connectivity index (χ2v) is 8.65. The number of ether oxygens (including phenoxy) is 2. The number of nitrogens with zero attached hydrogens (tertiary/aromatic N) is 2. The van der Waals surface area contributed by atoms with E-state index in [9.17, 15) is 4.79 Å². The Balaban J connectivity index is 1.90. The van der Waals surface area contributed by atoms with Crippen LogP contribution in [0.25, 0.3) is 10.2 Å². The Labute approximate surface area is 173 Å². The molecule has 7 heteroatoms. The van der Waals surface area contributed by atoms with Gasteiger partial charge in [0.25, 0.3) is 5.56 Å². The van der Waals surface area contributed by atoms with Gasteiger partial charge in [-0.25, -0.2) is 4.98 Å². The Hall–Kier alpha value is -1.83. The molecule has 3 rings (SSSR count). The van der Waals surface area contributed by atoms with Crippen LogP contribution in [0.15, 0.2) is 34.2 Å². The fourth-order valence-corrected chi connectivity index (χ4v) is 5.01. The molecule has 0 radical (unpaired) electrons. The van der Waals surface area contributed by atoms with Crippen LogP contribution in [-0.4, -0.2) is 29.9 Å². The van der Waals surface area contributed by atoms with E-state index in [1.807, 2.05) is 49.6 Å². The van der Waals surface area contributed by atoms with Crippen LogP contribution < -0.4 is 10.3 Å². The quantitative estimate of drug-likeness (QED) is 0.284.